The van der Waals surface area contributed by atoms with Crippen molar-refractivity contribution in [2.75, 3.05) is 55.6 Å². The van der Waals surface area contributed by atoms with E-state index in [1.54, 1.807) is 23.1 Å². The van der Waals surface area contributed by atoms with Gasteiger partial charge in [0.2, 0.25) is 11.8 Å². The minimum atomic E-state index is -0.625. The number of ether oxygens (including phenoxy) is 1. The first-order valence-electron chi connectivity index (χ1n) is 21.0. The van der Waals surface area contributed by atoms with Gasteiger partial charge < -0.3 is 24.8 Å². The lowest BCUT2D eigenvalue weighted by Gasteiger charge is -2.63. The zero-order valence-electron chi connectivity index (χ0n) is 34.6. The van der Waals surface area contributed by atoms with Crippen molar-refractivity contribution in [1.82, 2.24) is 20.4 Å². The van der Waals surface area contributed by atoms with Crippen LogP contribution in [0.3, 0.4) is 0 Å². The molecule has 4 fully saturated rings. The number of fused-ring (bicyclic) bond motifs is 1. The number of piperidine rings is 2. The van der Waals surface area contributed by atoms with Crippen molar-refractivity contribution in [3.05, 3.63) is 87.9 Å². The number of imide groups is 1. The summed E-state index contributed by atoms with van der Waals surface area (Å²) >= 11 is 6.26. The van der Waals surface area contributed by atoms with Crippen molar-refractivity contribution in [1.29, 1.82) is 5.26 Å². The molecule has 0 radical (unpaired) electrons. The lowest BCUT2D eigenvalue weighted by Crippen LogP contribution is -2.74. The number of piperazine rings is 1. The zero-order valence-corrected chi connectivity index (χ0v) is 35.3. The highest BCUT2D eigenvalue weighted by Gasteiger charge is 2.64. The molecule has 0 unspecified atom stereocenters. The van der Waals surface area contributed by atoms with Gasteiger partial charge >= 0.3 is 0 Å². The maximum atomic E-state index is 13.6. The number of rotatable bonds is 9. The molecule has 4 amide bonds. The molecule has 2 atom stereocenters. The first-order chi connectivity index (χ1) is 28.1. The zero-order chi connectivity index (χ0) is 41.8. The number of benzene rings is 3. The van der Waals surface area contributed by atoms with Gasteiger partial charge in [-0.1, -0.05) is 45.4 Å². The van der Waals surface area contributed by atoms with E-state index < -0.39 is 6.04 Å². The van der Waals surface area contributed by atoms with E-state index in [4.69, 9.17) is 16.3 Å². The van der Waals surface area contributed by atoms with Crippen LogP contribution in [-0.2, 0) is 9.59 Å². The second-order valence-electron chi connectivity index (χ2n) is 18.2. The minimum Gasteiger partial charge on any atom is -0.489 e. The van der Waals surface area contributed by atoms with Crippen molar-refractivity contribution in [3.8, 4) is 11.8 Å². The Morgan fingerprint density at radius 2 is 1.54 bits per heavy atom. The van der Waals surface area contributed by atoms with Gasteiger partial charge in [0.1, 0.15) is 24.0 Å². The first kappa shape index (κ1) is 40.7. The molecule has 4 aliphatic heterocycles. The smallest absolute Gasteiger partial charge is 0.255 e. The van der Waals surface area contributed by atoms with Crippen molar-refractivity contribution < 1.29 is 23.9 Å². The van der Waals surface area contributed by atoms with Gasteiger partial charge in [-0.3, -0.25) is 29.4 Å². The molecule has 0 spiro atoms. The van der Waals surface area contributed by atoms with E-state index in [0.29, 0.717) is 39.8 Å². The van der Waals surface area contributed by atoms with Crippen molar-refractivity contribution in [2.45, 2.75) is 84.5 Å². The van der Waals surface area contributed by atoms with Gasteiger partial charge in [0.05, 0.1) is 16.6 Å². The third kappa shape index (κ3) is 7.64. The van der Waals surface area contributed by atoms with Crippen LogP contribution in [0.2, 0.25) is 5.02 Å². The molecule has 1 saturated carbocycles. The molecule has 1 aliphatic carbocycles. The Bertz CT molecular complexity index is 2170. The first-order valence-corrected chi connectivity index (χ1v) is 21.3. The Kier molecular flexibility index (Phi) is 10.9. The Balaban J connectivity index is 0.789. The summed E-state index contributed by atoms with van der Waals surface area (Å²) < 4.78 is 6.39. The highest BCUT2D eigenvalue weighted by molar-refractivity contribution is 6.31. The molecular weight excluding hydrogens is 766 g/mol. The molecule has 4 heterocycles. The molecule has 8 rings (SSSR count). The summed E-state index contributed by atoms with van der Waals surface area (Å²) in [7, 11) is 0. The second-order valence-corrected chi connectivity index (χ2v) is 18.6. The maximum absolute atomic E-state index is 13.6. The SMILES string of the molecule is C[C@@H]1c2ccc(N3CCN(CC4CCN(c5ccc(C(=O)NC6C(C)(C)C(Oc7ccc(C#N)c(Cl)c7)C6(C)C)cc5)CC4)CC3)cc2C(=O)N1[C@@H]1CCC(=O)NC1=O. The largest absolute Gasteiger partial charge is 0.489 e. The van der Waals surface area contributed by atoms with Gasteiger partial charge in [0, 0.05) is 97.7 Å². The topological polar surface area (TPSA) is 138 Å². The fourth-order valence-electron chi connectivity index (χ4n) is 10.7. The highest BCUT2D eigenvalue weighted by Crippen LogP contribution is 2.55. The summed E-state index contributed by atoms with van der Waals surface area (Å²) in [5, 5.41) is 15.3. The third-order valence-electron chi connectivity index (χ3n) is 13.7. The van der Waals surface area contributed by atoms with Crippen LogP contribution in [0.4, 0.5) is 11.4 Å². The van der Waals surface area contributed by atoms with E-state index in [-0.39, 0.29) is 59.1 Å². The lowest BCUT2D eigenvalue weighted by atomic mass is 9.49. The minimum absolute atomic E-state index is 0.0999. The van der Waals surface area contributed by atoms with Crippen molar-refractivity contribution in [2.24, 2.45) is 16.7 Å². The molecule has 5 aliphatic rings. The molecule has 13 heteroatoms. The Labute approximate surface area is 351 Å². The van der Waals surface area contributed by atoms with E-state index in [2.05, 4.69) is 77.3 Å². The van der Waals surface area contributed by atoms with Crippen LogP contribution in [0.5, 0.6) is 5.75 Å². The molecule has 3 saturated heterocycles. The molecule has 3 aromatic rings. The molecule has 59 heavy (non-hydrogen) atoms. The lowest BCUT2D eigenvalue weighted by molar-refractivity contribution is -0.164. The summed E-state index contributed by atoms with van der Waals surface area (Å²) in [6.07, 6.45) is 2.65. The number of halogens is 1. The van der Waals surface area contributed by atoms with E-state index >= 15 is 0 Å². The monoisotopic (exact) mass is 819 g/mol. The third-order valence-corrected chi connectivity index (χ3v) is 14.0. The molecule has 2 N–H and O–H groups in total. The predicted molar refractivity (Wildman–Crippen MR) is 227 cm³/mol. The summed E-state index contributed by atoms with van der Waals surface area (Å²) in [4.78, 5) is 60.4. The summed E-state index contributed by atoms with van der Waals surface area (Å²) in [6.45, 7) is 17.1. The molecule has 0 bridgehead atoms. The van der Waals surface area contributed by atoms with Gasteiger partial charge in [-0.25, -0.2) is 0 Å². The number of hydrogen-bond acceptors (Lipinski definition) is 9. The number of nitriles is 1. The number of carbonyl (C=O) groups is 4. The molecule has 3 aromatic carbocycles. The summed E-state index contributed by atoms with van der Waals surface area (Å²) in [5.74, 6) is 0.320. The Morgan fingerprint density at radius 3 is 2.19 bits per heavy atom. The Morgan fingerprint density at radius 1 is 0.881 bits per heavy atom. The van der Waals surface area contributed by atoms with Crippen LogP contribution in [0.1, 0.15) is 98.2 Å². The van der Waals surface area contributed by atoms with Crippen LogP contribution in [-0.4, -0.2) is 97.4 Å². The standard InChI is InChI=1S/C46H54ClN7O5/c1-28-35-13-11-33(24-36(35)42(58)54(28)38-14-15-39(55)49-41(38)57)53-22-20-51(21-23-53)27-29-16-18-52(19-17-29)32-9-6-30(7-10-32)40(56)50-43-45(2,3)44(46(43,4)5)59-34-12-8-31(26-48)37(47)25-34/h6-13,24-25,28-29,38,43-44H,14-23,27H2,1-5H3,(H,50,56)(H,49,55,57)/t28-,38-,43?,44?/m1/s1. The van der Waals surface area contributed by atoms with Crippen LogP contribution in [0.15, 0.2) is 60.7 Å². The number of anilines is 2. The predicted octanol–water partition coefficient (Wildman–Crippen LogP) is 6.18. The number of nitrogens with zero attached hydrogens (tertiary/aromatic N) is 5. The molecule has 0 aromatic heterocycles. The molecular formula is C46H54ClN7O5. The second kappa shape index (κ2) is 15.8. The van der Waals surface area contributed by atoms with E-state index in [1.807, 2.05) is 31.2 Å². The van der Waals surface area contributed by atoms with Gasteiger partial charge in [-0.2, -0.15) is 5.26 Å². The summed E-state index contributed by atoms with van der Waals surface area (Å²) in [6, 6.07) is 20.3. The van der Waals surface area contributed by atoms with E-state index in [1.165, 1.54) is 0 Å². The fraction of sp³-hybridized carbons (Fsp3) is 0.500. The van der Waals surface area contributed by atoms with E-state index in [0.717, 1.165) is 75.6 Å². The van der Waals surface area contributed by atoms with Crippen molar-refractivity contribution >= 4 is 46.6 Å². The maximum Gasteiger partial charge on any atom is 0.255 e. The van der Waals surface area contributed by atoms with Crippen LogP contribution in [0.25, 0.3) is 0 Å². The van der Waals surface area contributed by atoms with Gasteiger partial charge in [-0.05, 0) is 86.2 Å². The molecule has 310 valence electrons. The number of hydrogen-bond donors (Lipinski definition) is 2. The van der Waals surface area contributed by atoms with Gasteiger partial charge in [0.15, 0.2) is 0 Å². The Hall–Kier alpha value is -5.12. The fourth-order valence-corrected chi connectivity index (χ4v) is 10.9. The summed E-state index contributed by atoms with van der Waals surface area (Å²) in [5.41, 5.74) is 4.11. The molecule has 12 nitrogen and oxygen atoms in total. The number of nitrogens with one attached hydrogen (secondary N) is 2. The van der Waals surface area contributed by atoms with Gasteiger partial charge in [-0.15, -0.1) is 0 Å². The van der Waals surface area contributed by atoms with Crippen molar-refractivity contribution in [3.63, 3.8) is 0 Å². The highest BCUT2D eigenvalue weighted by atomic mass is 35.5. The number of amides is 4. The average Bonchev–Trinajstić information content (AvgIpc) is 3.47. The van der Waals surface area contributed by atoms with Gasteiger partial charge in [0.25, 0.3) is 11.8 Å². The van der Waals surface area contributed by atoms with Crippen LogP contribution < -0.4 is 25.2 Å². The van der Waals surface area contributed by atoms with Crippen LogP contribution in [0, 0.1) is 28.1 Å². The average molecular weight is 820 g/mol. The normalized spacial score (nSPS) is 25.5. The number of carbonyl (C=O) groups excluding carboxylic acids is 4. The quantitative estimate of drug-likeness (QED) is 0.243. The van der Waals surface area contributed by atoms with Crippen LogP contribution >= 0.6 is 11.6 Å². The van der Waals surface area contributed by atoms with E-state index in [9.17, 15) is 24.4 Å².